The number of aryl methyl sites for hydroxylation is 1. The third kappa shape index (κ3) is 7.60. The highest BCUT2D eigenvalue weighted by molar-refractivity contribution is 6.32. The molecule has 0 aliphatic heterocycles. The number of hydrogen-bond acceptors (Lipinski definition) is 5. The van der Waals surface area contributed by atoms with Gasteiger partial charge < -0.3 is 20.1 Å². The summed E-state index contributed by atoms with van der Waals surface area (Å²) in [5.74, 6) is -0.367. The highest BCUT2D eigenvalue weighted by Gasteiger charge is 2.16. The van der Waals surface area contributed by atoms with Crippen LogP contribution in [0.1, 0.15) is 29.2 Å². The predicted octanol–water partition coefficient (Wildman–Crippen LogP) is 5.60. The van der Waals surface area contributed by atoms with Gasteiger partial charge in [-0.1, -0.05) is 54.1 Å². The number of benzene rings is 3. The second-order valence-electron chi connectivity index (χ2n) is 8.19. The van der Waals surface area contributed by atoms with Gasteiger partial charge in [0.1, 0.15) is 11.6 Å². The molecule has 3 aromatic carbocycles. The summed E-state index contributed by atoms with van der Waals surface area (Å²) in [5.41, 5.74) is 4.05. The molecule has 2 N–H and O–H groups in total. The summed E-state index contributed by atoms with van der Waals surface area (Å²) in [4.78, 5) is 25.1. The van der Waals surface area contributed by atoms with E-state index in [9.17, 15) is 14.9 Å². The third-order valence-electron chi connectivity index (χ3n) is 5.53. The van der Waals surface area contributed by atoms with E-state index in [1.54, 1.807) is 19.1 Å². The van der Waals surface area contributed by atoms with E-state index in [2.05, 4.69) is 10.6 Å². The van der Waals surface area contributed by atoms with Gasteiger partial charge in [0.15, 0.2) is 18.1 Å². The zero-order chi connectivity index (χ0) is 26.8. The average molecular weight is 518 g/mol. The standard InChI is InChI=1S/C29H28ClN3O4/c1-4-36-26-15-22(13-23(16-31)29(35)32-17-21-10-6-5-7-11-21)14-24(30)28(26)37-18-27(34)33-25-12-8-9-19(2)20(25)3/h5-15H,4,17-18H2,1-3H3,(H,32,35)(H,33,34)/b23-13+. The van der Waals surface area contributed by atoms with Gasteiger partial charge in [0, 0.05) is 12.2 Å². The van der Waals surface area contributed by atoms with E-state index in [-0.39, 0.29) is 28.9 Å². The highest BCUT2D eigenvalue weighted by atomic mass is 35.5. The molecule has 3 aromatic rings. The Morgan fingerprint density at radius 3 is 2.51 bits per heavy atom. The minimum Gasteiger partial charge on any atom is -0.490 e. The van der Waals surface area contributed by atoms with Gasteiger partial charge in [-0.25, -0.2) is 0 Å². The van der Waals surface area contributed by atoms with Crippen LogP contribution >= 0.6 is 11.6 Å². The van der Waals surface area contributed by atoms with Crippen LogP contribution in [0, 0.1) is 25.2 Å². The van der Waals surface area contributed by atoms with Gasteiger partial charge in [0.2, 0.25) is 0 Å². The van der Waals surface area contributed by atoms with E-state index in [0.717, 1.165) is 16.7 Å². The van der Waals surface area contributed by atoms with E-state index in [4.69, 9.17) is 21.1 Å². The van der Waals surface area contributed by atoms with E-state index in [1.807, 2.05) is 68.4 Å². The summed E-state index contributed by atoms with van der Waals surface area (Å²) in [6, 6.07) is 20.1. The molecule has 0 saturated heterocycles. The number of nitrogens with one attached hydrogen (secondary N) is 2. The molecule has 0 saturated carbocycles. The van der Waals surface area contributed by atoms with Crippen LogP contribution in [-0.2, 0) is 16.1 Å². The number of hydrogen-bond donors (Lipinski definition) is 2. The largest absolute Gasteiger partial charge is 0.490 e. The predicted molar refractivity (Wildman–Crippen MR) is 145 cm³/mol. The minimum atomic E-state index is -0.510. The van der Waals surface area contributed by atoms with Crippen molar-refractivity contribution in [1.82, 2.24) is 5.32 Å². The number of halogens is 1. The summed E-state index contributed by atoms with van der Waals surface area (Å²) in [7, 11) is 0. The number of ether oxygens (including phenoxy) is 2. The summed E-state index contributed by atoms with van der Waals surface area (Å²) in [6.07, 6.45) is 1.42. The first kappa shape index (κ1) is 27.3. The Balaban J connectivity index is 1.74. The summed E-state index contributed by atoms with van der Waals surface area (Å²) < 4.78 is 11.4. The van der Waals surface area contributed by atoms with Crippen LogP contribution in [0.4, 0.5) is 5.69 Å². The molecule has 0 aromatic heterocycles. The van der Waals surface area contributed by atoms with E-state index in [1.165, 1.54) is 6.08 Å². The normalized spacial score (nSPS) is 10.8. The topological polar surface area (TPSA) is 100 Å². The van der Waals surface area contributed by atoms with Crippen molar-refractivity contribution in [2.75, 3.05) is 18.5 Å². The number of carbonyl (C=O) groups excluding carboxylic acids is 2. The first-order valence-electron chi connectivity index (χ1n) is 11.7. The maximum absolute atomic E-state index is 12.6. The van der Waals surface area contributed by atoms with Crippen LogP contribution in [0.3, 0.4) is 0 Å². The first-order chi connectivity index (χ1) is 17.8. The van der Waals surface area contributed by atoms with Gasteiger partial charge in [0.05, 0.1) is 11.6 Å². The van der Waals surface area contributed by atoms with E-state index >= 15 is 0 Å². The van der Waals surface area contributed by atoms with Crippen LogP contribution in [-0.4, -0.2) is 25.0 Å². The molecule has 190 valence electrons. The van der Waals surface area contributed by atoms with Crippen molar-refractivity contribution < 1.29 is 19.1 Å². The molecule has 0 aliphatic carbocycles. The Morgan fingerprint density at radius 1 is 1.05 bits per heavy atom. The number of anilines is 1. The molecule has 7 nitrogen and oxygen atoms in total. The SMILES string of the molecule is CCOc1cc(/C=C(\C#N)C(=O)NCc2ccccc2)cc(Cl)c1OCC(=O)Nc1cccc(C)c1C. The fourth-order valence-corrected chi connectivity index (χ4v) is 3.75. The highest BCUT2D eigenvalue weighted by Crippen LogP contribution is 2.37. The fraction of sp³-hybridized carbons (Fsp3) is 0.207. The maximum Gasteiger partial charge on any atom is 0.262 e. The van der Waals surface area contributed by atoms with Gasteiger partial charge in [-0.15, -0.1) is 0 Å². The van der Waals surface area contributed by atoms with Crippen LogP contribution in [0.15, 0.2) is 66.2 Å². The molecule has 0 radical (unpaired) electrons. The van der Waals surface area contributed by atoms with E-state index < -0.39 is 5.91 Å². The maximum atomic E-state index is 12.6. The number of amides is 2. The monoisotopic (exact) mass is 517 g/mol. The van der Waals surface area contributed by atoms with Gasteiger partial charge in [-0.3, -0.25) is 9.59 Å². The molecular formula is C29H28ClN3O4. The Bertz CT molecular complexity index is 1350. The lowest BCUT2D eigenvalue weighted by Crippen LogP contribution is -2.23. The van der Waals surface area contributed by atoms with Gasteiger partial charge in [-0.2, -0.15) is 5.26 Å². The molecule has 0 heterocycles. The van der Waals surface area contributed by atoms with Crippen LogP contribution < -0.4 is 20.1 Å². The van der Waals surface area contributed by atoms with Crippen molar-refractivity contribution in [3.05, 3.63) is 93.5 Å². The smallest absolute Gasteiger partial charge is 0.262 e. The minimum absolute atomic E-state index is 0.0870. The second-order valence-corrected chi connectivity index (χ2v) is 8.59. The zero-order valence-electron chi connectivity index (χ0n) is 20.9. The fourth-order valence-electron chi connectivity index (χ4n) is 3.47. The molecule has 37 heavy (non-hydrogen) atoms. The molecule has 0 aliphatic rings. The van der Waals surface area contributed by atoms with Gasteiger partial charge in [-0.05, 0) is 67.3 Å². The lowest BCUT2D eigenvalue weighted by molar-refractivity contribution is -0.118. The Kier molecular flexibility index (Phi) is 9.70. The van der Waals surface area contributed by atoms with Crippen molar-refractivity contribution in [2.45, 2.75) is 27.3 Å². The molecular weight excluding hydrogens is 490 g/mol. The van der Waals surface area contributed by atoms with Crippen molar-refractivity contribution in [3.8, 4) is 17.6 Å². The Morgan fingerprint density at radius 2 is 1.81 bits per heavy atom. The lowest BCUT2D eigenvalue weighted by atomic mass is 10.1. The molecule has 0 bridgehead atoms. The van der Waals surface area contributed by atoms with Crippen molar-refractivity contribution in [1.29, 1.82) is 5.26 Å². The van der Waals surface area contributed by atoms with E-state index in [0.29, 0.717) is 30.2 Å². The van der Waals surface area contributed by atoms with Gasteiger partial charge >= 0.3 is 0 Å². The molecule has 0 unspecified atom stereocenters. The van der Waals surface area contributed by atoms with Crippen LogP contribution in [0.25, 0.3) is 6.08 Å². The summed E-state index contributed by atoms with van der Waals surface area (Å²) in [5, 5.41) is 15.3. The molecule has 0 atom stereocenters. The summed E-state index contributed by atoms with van der Waals surface area (Å²) >= 11 is 6.46. The lowest BCUT2D eigenvalue weighted by Gasteiger charge is -2.15. The summed E-state index contributed by atoms with van der Waals surface area (Å²) in [6.45, 7) is 6.02. The number of nitriles is 1. The Labute approximate surface area is 221 Å². The molecule has 2 amide bonds. The first-order valence-corrected chi connectivity index (χ1v) is 12.1. The average Bonchev–Trinajstić information content (AvgIpc) is 2.89. The second kappa shape index (κ2) is 13.1. The van der Waals surface area contributed by atoms with Crippen molar-refractivity contribution in [2.24, 2.45) is 0 Å². The van der Waals surface area contributed by atoms with Crippen molar-refractivity contribution >= 4 is 35.2 Å². The number of carbonyl (C=O) groups is 2. The Hall–Kier alpha value is -4.28. The van der Waals surface area contributed by atoms with Gasteiger partial charge in [0.25, 0.3) is 11.8 Å². The quantitative estimate of drug-likeness (QED) is 0.269. The zero-order valence-corrected chi connectivity index (χ0v) is 21.7. The molecule has 0 fully saturated rings. The van der Waals surface area contributed by atoms with Crippen molar-refractivity contribution in [3.63, 3.8) is 0 Å². The molecule has 8 heteroatoms. The third-order valence-corrected chi connectivity index (χ3v) is 5.81. The number of nitrogens with zero attached hydrogens (tertiary/aromatic N) is 1. The van der Waals surface area contributed by atoms with Crippen LogP contribution in [0.2, 0.25) is 5.02 Å². The molecule has 3 rings (SSSR count). The number of rotatable bonds is 10. The molecule has 0 spiro atoms. The van der Waals surface area contributed by atoms with Crippen LogP contribution in [0.5, 0.6) is 11.5 Å².